The minimum atomic E-state index is 0.768. The van der Waals surface area contributed by atoms with E-state index in [1.54, 1.807) is 0 Å². The van der Waals surface area contributed by atoms with Gasteiger partial charge in [-0.25, -0.2) is 4.98 Å². The molecule has 0 saturated heterocycles. The topological polar surface area (TPSA) is 29.3 Å². The molecule has 0 spiro atoms. The number of benzene rings is 1. The van der Waals surface area contributed by atoms with Gasteiger partial charge in [-0.15, -0.1) is 0 Å². The van der Waals surface area contributed by atoms with E-state index in [1.165, 1.54) is 51.5 Å². The average Bonchev–Trinajstić information content (AvgIpc) is 3.35. The molecular formula is C20H26N2O. The molecule has 0 N–H and O–H groups in total. The zero-order valence-corrected chi connectivity index (χ0v) is 13.8. The Labute approximate surface area is 138 Å². The fourth-order valence-electron chi connectivity index (χ4n) is 3.78. The Morgan fingerprint density at radius 2 is 1.78 bits per heavy atom. The lowest BCUT2D eigenvalue weighted by atomic mass is 9.89. The molecule has 4 rings (SSSR count). The van der Waals surface area contributed by atoms with Crippen molar-refractivity contribution in [2.75, 3.05) is 6.54 Å². The molecule has 0 unspecified atom stereocenters. The second kappa shape index (κ2) is 6.88. The molecule has 0 atom stereocenters. The molecule has 0 aliphatic heterocycles. The maximum absolute atomic E-state index is 6.01. The maximum Gasteiger partial charge on any atom is 0.209 e. The summed E-state index contributed by atoms with van der Waals surface area (Å²) in [6.07, 6.45) is 11.6. The van der Waals surface area contributed by atoms with Crippen molar-refractivity contribution in [3.8, 4) is 11.3 Å². The molecule has 3 heteroatoms. The summed E-state index contributed by atoms with van der Waals surface area (Å²) in [5.74, 6) is 2.63. The van der Waals surface area contributed by atoms with Gasteiger partial charge in [0.1, 0.15) is 0 Å². The summed E-state index contributed by atoms with van der Waals surface area (Å²) in [5.41, 5.74) is 1.11. The minimum absolute atomic E-state index is 0.768. The van der Waals surface area contributed by atoms with E-state index in [-0.39, 0.29) is 0 Å². The molecule has 1 aromatic heterocycles. The van der Waals surface area contributed by atoms with Gasteiger partial charge in [0.15, 0.2) is 5.76 Å². The van der Waals surface area contributed by atoms with Crippen molar-refractivity contribution < 1.29 is 4.42 Å². The first-order valence-corrected chi connectivity index (χ1v) is 9.12. The van der Waals surface area contributed by atoms with Crippen LogP contribution in [0.2, 0.25) is 0 Å². The molecule has 2 aromatic rings. The third kappa shape index (κ3) is 3.84. The Hall–Kier alpha value is -1.61. The first-order valence-electron chi connectivity index (χ1n) is 9.12. The predicted molar refractivity (Wildman–Crippen MR) is 91.9 cm³/mol. The lowest BCUT2D eigenvalue weighted by molar-refractivity contribution is 0.172. The lowest BCUT2D eigenvalue weighted by Gasteiger charge is -2.28. The van der Waals surface area contributed by atoms with Crippen molar-refractivity contribution in [3.63, 3.8) is 0 Å². The zero-order valence-electron chi connectivity index (χ0n) is 13.8. The minimum Gasteiger partial charge on any atom is -0.439 e. The van der Waals surface area contributed by atoms with Crippen molar-refractivity contribution in [1.82, 2.24) is 9.88 Å². The van der Waals surface area contributed by atoms with Gasteiger partial charge in [-0.1, -0.05) is 49.6 Å². The highest BCUT2D eigenvalue weighted by molar-refractivity contribution is 5.55. The first-order chi connectivity index (χ1) is 11.4. The molecule has 1 aromatic carbocycles. The molecule has 23 heavy (non-hydrogen) atoms. The molecule has 2 aliphatic rings. The van der Waals surface area contributed by atoms with E-state index in [0.717, 1.165) is 35.7 Å². The Kier molecular flexibility index (Phi) is 4.47. The van der Waals surface area contributed by atoms with Crippen LogP contribution in [0.15, 0.2) is 40.9 Å². The van der Waals surface area contributed by atoms with Crippen LogP contribution in [0.4, 0.5) is 0 Å². The number of nitrogens with zero attached hydrogens (tertiary/aromatic N) is 2. The smallest absolute Gasteiger partial charge is 0.209 e. The summed E-state index contributed by atoms with van der Waals surface area (Å²) in [5, 5.41) is 0. The van der Waals surface area contributed by atoms with Gasteiger partial charge in [-0.3, -0.25) is 4.90 Å². The quantitative estimate of drug-likeness (QED) is 0.761. The molecule has 0 amide bonds. The van der Waals surface area contributed by atoms with Gasteiger partial charge in [0.2, 0.25) is 5.89 Å². The fourth-order valence-corrected chi connectivity index (χ4v) is 3.78. The van der Waals surface area contributed by atoms with Crippen LogP contribution < -0.4 is 0 Å². The van der Waals surface area contributed by atoms with Crippen LogP contribution >= 0.6 is 0 Å². The summed E-state index contributed by atoms with van der Waals surface area (Å²) in [6, 6.07) is 11.0. The van der Waals surface area contributed by atoms with Crippen LogP contribution in [0.1, 0.15) is 50.8 Å². The summed E-state index contributed by atoms with van der Waals surface area (Å²) in [7, 11) is 0. The molecular weight excluding hydrogens is 284 g/mol. The van der Waals surface area contributed by atoms with E-state index >= 15 is 0 Å². The predicted octanol–water partition coefficient (Wildman–Crippen LogP) is 4.89. The molecule has 3 nitrogen and oxygen atoms in total. The number of oxazole rings is 1. The lowest BCUT2D eigenvalue weighted by Crippen LogP contribution is -2.32. The normalized spacial score (nSPS) is 19.3. The number of aromatic nitrogens is 1. The van der Waals surface area contributed by atoms with E-state index in [9.17, 15) is 0 Å². The van der Waals surface area contributed by atoms with Crippen LogP contribution in [0.3, 0.4) is 0 Å². The maximum atomic E-state index is 6.01. The zero-order chi connectivity index (χ0) is 15.5. The second-order valence-electron chi connectivity index (χ2n) is 7.15. The SMILES string of the molecule is c1ccc(-c2cnc(CN(CC3CCCCC3)C3CC3)o2)cc1. The van der Waals surface area contributed by atoms with E-state index in [0.29, 0.717) is 0 Å². The average molecular weight is 310 g/mol. The van der Waals surface area contributed by atoms with Crippen LogP contribution in [0.5, 0.6) is 0 Å². The highest BCUT2D eigenvalue weighted by Gasteiger charge is 2.31. The van der Waals surface area contributed by atoms with E-state index in [4.69, 9.17) is 4.42 Å². The number of hydrogen-bond acceptors (Lipinski definition) is 3. The molecule has 2 aliphatic carbocycles. The first kappa shape index (κ1) is 14.9. The molecule has 0 bridgehead atoms. The fraction of sp³-hybridized carbons (Fsp3) is 0.550. The number of hydrogen-bond donors (Lipinski definition) is 0. The monoisotopic (exact) mass is 310 g/mol. The van der Waals surface area contributed by atoms with Crippen molar-refractivity contribution in [2.45, 2.75) is 57.5 Å². The van der Waals surface area contributed by atoms with E-state index < -0.39 is 0 Å². The standard InChI is InChI=1S/C20H26N2O/c1-3-7-16(8-4-1)14-22(18-11-12-18)15-20-21-13-19(23-20)17-9-5-2-6-10-17/h2,5-6,9-10,13,16,18H,1,3-4,7-8,11-12,14-15H2. The Morgan fingerprint density at radius 1 is 1.00 bits per heavy atom. The van der Waals surface area contributed by atoms with Crippen molar-refractivity contribution in [2.24, 2.45) is 5.92 Å². The van der Waals surface area contributed by atoms with E-state index in [2.05, 4.69) is 22.0 Å². The Bertz CT molecular complexity index is 612. The second-order valence-corrected chi connectivity index (χ2v) is 7.15. The largest absolute Gasteiger partial charge is 0.439 e. The third-order valence-electron chi connectivity index (χ3n) is 5.23. The summed E-state index contributed by atoms with van der Waals surface area (Å²) < 4.78 is 6.01. The molecule has 122 valence electrons. The number of rotatable bonds is 6. The highest BCUT2D eigenvalue weighted by atomic mass is 16.4. The van der Waals surface area contributed by atoms with Gasteiger partial charge in [0, 0.05) is 18.2 Å². The van der Waals surface area contributed by atoms with Gasteiger partial charge >= 0.3 is 0 Å². The summed E-state index contributed by atoms with van der Waals surface area (Å²) >= 11 is 0. The van der Waals surface area contributed by atoms with Gasteiger partial charge in [-0.05, 0) is 31.6 Å². The van der Waals surface area contributed by atoms with Crippen molar-refractivity contribution in [1.29, 1.82) is 0 Å². The van der Waals surface area contributed by atoms with Gasteiger partial charge in [-0.2, -0.15) is 0 Å². The van der Waals surface area contributed by atoms with Crippen LogP contribution in [-0.2, 0) is 6.54 Å². The summed E-state index contributed by atoms with van der Waals surface area (Å²) in [4.78, 5) is 7.15. The van der Waals surface area contributed by atoms with Gasteiger partial charge in [0.25, 0.3) is 0 Å². The van der Waals surface area contributed by atoms with Gasteiger partial charge in [0.05, 0.1) is 12.7 Å². The van der Waals surface area contributed by atoms with E-state index in [1.807, 2.05) is 24.4 Å². The Balaban J connectivity index is 1.42. The van der Waals surface area contributed by atoms with Gasteiger partial charge < -0.3 is 4.42 Å². The molecule has 0 radical (unpaired) electrons. The van der Waals surface area contributed by atoms with Crippen molar-refractivity contribution in [3.05, 3.63) is 42.4 Å². The highest BCUT2D eigenvalue weighted by Crippen LogP contribution is 2.32. The molecule has 1 heterocycles. The van der Waals surface area contributed by atoms with Crippen LogP contribution in [0, 0.1) is 5.92 Å². The third-order valence-corrected chi connectivity index (χ3v) is 5.23. The molecule has 2 fully saturated rings. The summed E-state index contributed by atoms with van der Waals surface area (Å²) in [6.45, 7) is 2.10. The van der Waals surface area contributed by atoms with Crippen molar-refractivity contribution >= 4 is 0 Å². The molecule has 2 saturated carbocycles. The van der Waals surface area contributed by atoms with Crippen LogP contribution in [0.25, 0.3) is 11.3 Å². The Morgan fingerprint density at radius 3 is 2.52 bits per heavy atom. The van der Waals surface area contributed by atoms with Crippen LogP contribution in [-0.4, -0.2) is 22.5 Å².